The first-order valence-corrected chi connectivity index (χ1v) is 3.35. The lowest BCUT2D eigenvalue weighted by molar-refractivity contribution is -0.139. The molecule has 0 spiro atoms. The molecular formula is C7H13NO3. The molecule has 0 aliphatic carbocycles. The normalized spacial score (nSPS) is 13.6. The number of ether oxygens (including phenoxy) is 1. The van der Waals surface area contributed by atoms with Crippen LogP contribution < -0.4 is 5.73 Å². The minimum Gasteiger partial charge on any atom is -0.480 e. The number of rotatable bonds is 5. The lowest BCUT2D eigenvalue weighted by Crippen LogP contribution is -2.34. The Bertz CT molecular complexity index is 145. The van der Waals surface area contributed by atoms with Crippen molar-refractivity contribution in [3.05, 3.63) is 12.2 Å². The van der Waals surface area contributed by atoms with Crippen molar-refractivity contribution in [3.8, 4) is 0 Å². The van der Waals surface area contributed by atoms with Crippen LogP contribution in [0.4, 0.5) is 0 Å². The van der Waals surface area contributed by atoms with Gasteiger partial charge in [0.15, 0.2) is 0 Å². The smallest absolute Gasteiger partial charge is 0.322 e. The molecule has 0 rings (SSSR count). The predicted molar refractivity (Wildman–Crippen MR) is 41.2 cm³/mol. The second-order valence-corrected chi connectivity index (χ2v) is 2.05. The average Bonchev–Trinajstić information content (AvgIpc) is 1.97. The minimum atomic E-state index is -1.04. The van der Waals surface area contributed by atoms with Gasteiger partial charge in [-0.1, -0.05) is 12.2 Å². The highest BCUT2D eigenvalue weighted by Gasteiger charge is 2.09. The fourth-order valence-corrected chi connectivity index (χ4v) is 0.431. The summed E-state index contributed by atoms with van der Waals surface area (Å²) in [6.45, 7) is 2.33. The molecule has 0 saturated heterocycles. The first-order valence-electron chi connectivity index (χ1n) is 3.35. The van der Waals surface area contributed by atoms with Gasteiger partial charge < -0.3 is 15.6 Å². The van der Waals surface area contributed by atoms with Crippen molar-refractivity contribution in [2.45, 2.75) is 13.0 Å². The number of allylic oxidation sites excluding steroid dienone is 1. The topological polar surface area (TPSA) is 72.5 Å². The standard InChI is InChI=1S/C7H13NO3/c1-2-3-4-11-5-6(8)7(9)10/h2-3,6H,4-5,8H2,1H3,(H,9,10)/t6-/m1/s1. The van der Waals surface area contributed by atoms with Crippen LogP contribution in [-0.2, 0) is 9.53 Å². The van der Waals surface area contributed by atoms with E-state index in [4.69, 9.17) is 15.6 Å². The third kappa shape index (κ3) is 5.57. The lowest BCUT2D eigenvalue weighted by atomic mass is 10.3. The number of nitrogens with two attached hydrogens (primary N) is 1. The zero-order valence-corrected chi connectivity index (χ0v) is 6.49. The summed E-state index contributed by atoms with van der Waals surface area (Å²) in [4.78, 5) is 10.1. The van der Waals surface area contributed by atoms with Crippen molar-refractivity contribution >= 4 is 5.97 Å². The highest BCUT2D eigenvalue weighted by molar-refractivity contribution is 5.73. The van der Waals surface area contributed by atoms with Crippen LogP contribution in [0.1, 0.15) is 6.92 Å². The van der Waals surface area contributed by atoms with E-state index in [1.807, 2.05) is 13.0 Å². The number of carboxylic acids is 1. The Balaban J connectivity index is 3.31. The average molecular weight is 159 g/mol. The van der Waals surface area contributed by atoms with Crippen molar-refractivity contribution in [2.75, 3.05) is 13.2 Å². The molecule has 0 amide bonds. The van der Waals surface area contributed by atoms with Gasteiger partial charge in [-0.15, -0.1) is 0 Å². The summed E-state index contributed by atoms with van der Waals surface area (Å²) < 4.78 is 4.90. The predicted octanol–water partition coefficient (Wildman–Crippen LogP) is -0.00900. The summed E-state index contributed by atoms with van der Waals surface area (Å²) in [5, 5.41) is 8.32. The number of aliphatic carboxylic acids is 1. The van der Waals surface area contributed by atoms with Crippen LogP contribution in [0.25, 0.3) is 0 Å². The van der Waals surface area contributed by atoms with Gasteiger partial charge in [0.2, 0.25) is 0 Å². The maximum absolute atomic E-state index is 10.1. The van der Waals surface area contributed by atoms with Gasteiger partial charge >= 0.3 is 5.97 Å². The Kier molecular flexibility index (Phi) is 5.42. The largest absolute Gasteiger partial charge is 0.480 e. The summed E-state index contributed by atoms with van der Waals surface area (Å²) >= 11 is 0. The van der Waals surface area contributed by atoms with Crippen molar-refractivity contribution in [3.63, 3.8) is 0 Å². The Labute approximate surface area is 65.6 Å². The van der Waals surface area contributed by atoms with Crippen molar-refractivity contribution in [2.24, 2.45) is 5.73 Å². The zero-order chi connectivity index (χ0) is 8.69. The maximum Gasteiger partial charge on any atom is 0.322 e. The molecule has 0 aromatic heterocycles. The maximum atomic E-state index is 10.1. The molecule has 1 atom stereocenters. The Morgan fingerprint density at radius 3 is 2.91 bits per heavy atom. The van der Waals surface area contributed by atoms with E-state index in [-0.39, 0.29) is 6.61 Å². The van der Waals surface area contributed by atoms with Crippen LogP contribution in [0.15, 0.2) is 12.2 Å². The molecule has 0 saturated carbocycles. The highest BCUT2D eigenvalue weighted by Crippen LogP contribution is 1.82. The molecule has 64 valence electrons. The minimum absolute atomic E-state index is 0.0552. The van der Waals surface area contributed by atoms with Gasteiger partial charge in [-0.05, 0) is 6.92 Å². The molecule has 4 heteroatoms. The molecule has 0 aliphatic rings. The monoisotopic (exact) mass is 159 g/mol. The highest BCUT2D eigenvalue weighted by atomic mass is 16.5. The Hall–Kier alpha value is -0.870. The van der Waals surface area contributed by atoms with E-state index in [1.165, 1.54) is 0 Å². The van der Waals surface area contributed by atoms with Gasteiger partial charge in [0.05, 0.1) is 13.2 Å². The quantitative estimate of drug-likeness (QED) is 0.437. The summed E-state index contributed by atoms with van der Waals surface area (Å²) in [5.41, 5.74) is 5.15. The fourth-order valence-electron chi connectivity index (χ4n) is 0.431. The number of hydrogen-bond donors (Lipinski definition) is 2. The lowest BCUT2D eigenvalue weighted by Gasteiger charge is -2.04. The molecule has 0 aliphatic heterocycles. The zero-order valence-electron chi connectivity index (χ0n) is 6.49. The number of carboxylic acid groups (broad SMARTS) is 1. The third-order valence-corrected chi connectivity index (χ3v) is 1.06. The first-order chi connectivity index (χ1) is 5.18. The van der Waals surface area contributed by atoms with E-state index in [0.717, 1.165) is 0 Å². The molecule has 0 aromatic rings. The van der Waals surface area contributed by atoms with E-state index >= 15 is 0 Å². The van der Waals surface area contributed by atoms with Gasteiger partial charge in [-0.3, -0.25) is 4.79 Å². The SMILES string of the molecule is CC=CCOC[C@@H](N)C(=O)O. The van der Waals surface area contributed by atoms with E-state index in [9.17, 15) is 4.79 Å². The summed E-state index contributed by atoms with van der Waals surface area (Å²) in [6, 6.07) is -0.916. The Morgan fingerprint density at radius 2 is 2.45 bits per heavy atom. The molecule has 0 heterocycles. The fraction of sp³-hybridized carbons (Fsp3) is 0.571. The second kappa shape index (κ2) is 5.88. The van der Waals surface area contributed by atoms with Crippen LogP contribution in [0.3, 0.4) is 0 Å². The summed E-state index contributed by atoms with van der Waals surface area (Å²) in [5.74, 6) is -1.04. The molecule has 3 N–H and O–H groups in total. The van der Waals surface area contributed by atoms with Crippen LogP contribution in [-0.4, -0.2) is 30.3 Å². The first kappa shape index (κ1) is 10.1. The van der Waals surface area contributed by atoms with E-state index in [1.54, 1.807) is 6.08 Å². The van der Waals surface area contributed by atoms with Crippen molar-refractivity contribution < 1.29 is 14.6 Å². The van der Waals surface area contributed by atoms with Crippen LogP contribution in [0.5, 0.6) is 0 Å². The molecule has 11 heavy (non-hydrogen) atoms. The van der Waals surface area contributed by atoms with Gasteiger partial charge in [0.1, 0.15) is 6.04 Å². The van der Waals surface area contributed by atoms with E-state index in [0.29, 0.717) is 6.61 Å². The van der Waals surface area contributed by atoms with Crippen LogP contribution >= 0.6 is 0 Å². The van der Waals surface area contributed by atoms with Crippen LogP contribution in [0, 0.1) is 0 Å². The molecule has 0 bridgehead atoms. The molecule has 0 fully saturated rings. The second-order valence-electron chi connectivity index (χ2n) is 2.05. The molecular weight excluding hydrogens is 146 g/mol. The summed E-state index contributed by atoms with van der Waals surface area (Å²) in [6.07, 6.45) is 3.61. The Morgan fingerprint density at radius 1 is 1.82 bits per heavy atom. The molecule has 4 nitrogen and oxygen atoms in total. The number of carbonyl (C=O) groups is 1. The van der Waals surface area contributed by atoms with Gasteiger partial charge in [0.25, 0.3) is 0 Å². The van der Waals surface area contributed by atoms with Gasteiger partial charge in [0, 0.05) is 0 Å². The molecule has 0 aromatic carbocycles. The summed E-state index contributed by atoms with van der Waals surface area (Å²) in [7, 11) is 0. The molecule has 0 radical (unpaired) electrons. The van der Waals surface area contributed by atoms with E-state index < -0.39 is 12.0 Å². The van der Waals surface area contributed by atoms with Crippen molar-refractivity contribution in [1.82, 2.24) is 0 Å². The van der Waals surface area contributed by atoms with Gasteiger partial charge in [-0.25, -0.2) is 0 Å². The third-order valence-electron chi connectivity index (χ3n) is 1.06. The van der Waals surface area contributed by atoms with Crippen LogP contribution in [0.2, 0.25) is 0 Å². The number of hydrogen-bond acceptors (Lipinski definition) is 3. The van der Waals surface area contributed by atoms with E-state index in [2.05, 4.69) is 0 Å². The molecule has 0 unspecified atom stereocenters. The van der Waals surface area contributed by atoms with Gasteiger partial charge in [-0.2, -0.15) is 0 Å². The van der Waals surface area contributed by atoms with Crippen molar-refractivity contribution in [1.29, 1.82) is 0 Å².